The predicted molar refractivity (Wildman–Crippen MR) is 84.1 cm³/mol. The van der Waals surface area contributed by atoms with Gasteiger partial charge in [-0.15, -0.1) is 11.3 Å². The van der Waals surface area contributed by atoms with Gasteiger partial charge in [0, 0.05) is 9.35 Å². The first-order valence-electron chi connectivity index (χ1n) is 6.34. The zero-order chi connectivity index (χ0) is 13.1. The third-order valence-corrected chi connectivity index (χ3v) is 4.62. The van der Waals surface area contributed by atoms with Crippen LogP contribution in [0.4, 0.5) is 5.13 Å². The molecule has 0 spiro atoms. The van der Waals surface area contributed by atoms with E-state index in [1.165, 1.54) is 29.8 Å². The molecule has 2 aromatic rings. The van der Waals surface area contributed by atoms with E-state index in [4.69, 9.17) is 0 Å². The minimum absolute atomic E-state index is 0.901. The summed E-state index contributed by atoms with van der Waals surface area (Å²) in [5, 5.41) is 5.15. The summed E-state index contributed by atoms with van der Waals surface area (Å²) in [6.07, 6.45) is 6.64. The van der Waals surface area contributed by atoms with Crippen molar-refractivity contribution in [3.8, 4) is 0 Å². The molecular weight excluding hydrogens is 322 g/mol. The Morgan fingerprint density at radius 3 is 3.05 bits per heavy atom. The van der Waals surface area contributed by atoms with Crippen LogP contribution in [-0.4, -0.2) is 11.2 Å². The van der Waals surface area contributed by atoms with E-state index in [1.54, 1.807) is 11.3 Å². The van der Waals surface area contributed by atoms with Gasteiger partial charge < -0.3 is 0 Å². The Bertz CT molecular complexity index is 583. The van der Waals surface area contributed by atoms with E-state index in [1.807, 2.05) is 30.5 Å². The highest BCUT2D eigenvalue weighted by Crippen LogP contribution is 2.29. The molecule has 1 aliphatic rings. The summed E-state index contributed by atoms with van der Waals surface area (Å²) in [6, 6.07) is 8.04. The number of rotatable bonds is 3. The van der Waals surface area contributed by atoms with Gasteiger partial charge in [-0.05, 0) is 43.4 Å². The van der Waals surface area contributed by atoms with E-state index in [0.29, 0.717) is 0 Å². The average molecular weight is 336 g/mol. The normalized spacial score (nSPS) is 14.6. The van der Waals surface area contributed by atoms with Crippen molar-refractivity contribution >= 4 is 38.6 Å². The fourth-order valence-corrected chi connectivity index (χ4v) is 3.57. The zero-order valence-electron chi connectivity index (χ0n) is 10.4. The van der Waals surface area contributed by atoms with Crippen molar-refractivity contribution in [3.05, 3.63) is 44.9 Å². The van der Waals surface area contributed by atoms with E-state index < -0.39 is 0 Å². The molecule has 3 nitrogen and oxygen atoms in total. The lowest BCUT2D eigenvalue weighted by molar-refractivity contribution is 0.682. The third-order valence-electron chi connectivity index (χ3n) is 3.07. The molecule has 1 aliphatic carbocycles. The number of aryl methyl sites for hydroxylation is 2. The molecular formula is C14H14BrN3S. The third kappa shape index (κ3) is 3.22. The van der Waals surface area contributed by atoms with Gasteiger partial charge in [-0.25, -0.2) is 4.98 Å². The number of thiazole rings is 1. The lowest BCUT2D eigenvalue weighted by Gasteiger charge is -2.06. The molecule has 0 bridgehead atoms. The number of hydrazone groups is 1. The molecule has 1 aromatic carbocycles. The molecule has 19 heavy (non-hydrogen) atoms. The predicted octanol–water partition coefficient (Wildman–Crippen LogP) is 4.23. The van der Waals surface area contributed by atoms with E-state index in [9.17, 15) is 0 Å². The van der Waals surface area contributed by atoms with Crippen LogP contribution in [0.2, 0.25) is 0 Å². The molecule has 5 heteroatoms. The standard InChI is InChI=1S/C14H14BrN3S/c15-11-5-3-4-10(8-11)9-16-18-14-17-12-6-1-2-7-13(12)19-14/h3-5,8-9H,1-2,6-7H2,(H,17,18). The van der Waals surface area contributed by atoms with Crippen molar-refractivity contribution in [1.82, 2.24) is 4.98 Å². The highest BCUT2D eigenvalue weighted by Gasteiger charge is 2.14. The van der Waals surface area contributed by atoms with Gasteiger partial charge in [-0.3, -0.25) is 5.43 Å². The maximum absolute atomic E-state index is 4.58. The van der Waals surface area contributed by atoms with Gasteiger partial charge in [0.1, 0.15) is 0 Å². The largest absolute Gasteiger partial charge is 0.253 e. The first-order chi connectivity index (χ1) is 9.31. The Labute approximate surface area is 124 Å². The number of benzene rings is 1. The van der Waals surface area contributed by atoms with Crippen molar-refractivity contribution in [3.63, 3.8) is 0 Å². The first-order valence-corrected chi connectivity index (χ1v) is 7.95. The Hall–Kier alpha value is -1.20. The van der Waals surface area contributed by atoms with Gasteiger partial charge in [0.15, 0.2) is 0 Å². The Morgan fingerprint density at radius 1 is 1.32 bits per heavy atom. The Morgan fingerprint density at radius 2 is 2.21 bits per heavy atom. The molecule has 0 atom stereocenters. The fourth-order valence-electron chi connectivity index (χ4n) is 2.15. The van der Waals surface area contributed by atoms with Gasteiger partial charge in [0.25, 0.3) is 0 Å². The fraction of sp³-hybridized carbons (Fsp3) is 0.286. The van der Waals surface area contributed by atoms with Gasteiger partial charge in [-0.1, -0.05) is 28.1 Å². The van der Waals surface area contributed by atoms with Crippen LogP contribution < -0.4 is 5.43 Å². The molecule has 1 N–H and O–H groups in total. The average Bonchev–Trinajstić information content (AvgIpc) is 2.81. The molecule has 0 radical (unpaired) electrons. The van der Waals surface area contributed by atoms with Crippen LogP contribution in [0.5, 0.6) is 0 Å². The summed E-state index contributed by atoms with van der Waals surface area (Å²) in [5.74, 6) is 0. The Kier molecular flexibility index (Phi) is 3.94. The summed E-state index contributed by atoms with van der Waals surface area (Å²) in [5.41, 5.74) is 5.35. The van der Waals surface area contributed by atoms with E-state index in [0.717, 1.165) is 21.6 Å². The maximum Gasteiger partial charge on any atom is 0.203 e. The number of hydrogen-bond donors (Lipinski definition) is 1. The SMILES string of the molecule is Brc1cccc(C=NNc2nc3c(s2)CCCC3)c1. The van der Waals surface area contributed by atoms with Crippen LogP contribution in [-0.2, 0) is 12.8 Å². The number of halogens is 1. The molecule has 1 heterocycles. The van der Waals surface area contributed by atoms with Crippen molar-refractivity contribution in [2.75, 3.05) is 5.43 Å². The monoisotopic (exact) mass is 335 g/mol. The van der Waals surface area contributed by atoms with E-state index in [-0.39, 0.29) is 0 Å². The maximum atomic E-state index is 4.58. The second kappa shape index (κ2) is 5.84. The van der Waals surface area contributed by atoms with Gasteiger partial charge in [0.05, 0.1) is 11.9 Å². The lowest BCUT2D eigenvalue weighted by Crippen LogP contribution is -1.99. The lowest BCUT2D eigenvalue weighted by atomic mass is 10.0. The summed E-state index contributed by atoms with van der Waals surface area (Å²) in [7, 11) is 0. The summed E-state index contributed by atoms with van der Waals surface area (Å²) in [6.45, 7) is 0. The van der Waals surface area contributed by atoms with Gasteiger partial charge >= 0.3 is 0 Å². The van der Waals surface area contributed by atoms with E-state index >= 15 is 0 Å². The van der Waals surface area contributed by atoms with Crippen LogP contribution in [0.3, 0.4) is 0 Å². The van der Waals surface area contributed by atoms with Gasteiger partial charge in [0.2, 0.25) is 5.13 Å². The highest BCUT2D eigenvalue weighted by atomic mass is 79.9. The molecule has 3 rings (SSSR count). The zero-order valence-corrected chi connectivity index (χ0v) is 12.8. The topological polar surface area (TPSA) is 37.3 Å². The molecule has 1 aromatic heterocycles. The number of anilines is 1. The second-order valence-electron chi connectivity index (χ2n) is 4.52. The van der Waals surface area contributed by atoms with Crippen molar-refractivity contribution in [2.24, 2.45) is 5.10 Å². The summed E-state index contributed by atoms with van der Waals surface area (Å²) in [4.78, 5) is 6.01. The smallest absolute Gasteiger partial charge is 0.203 e. The van der Waals surface area contributed by atoms with Crippen molar-refractivity contribution in [2.45, 2.75) is 25.7 Å². The quantitative estimate of drug-likeness (QED) is 0.673. The highest BCUT2D eigenvalue weighted by molar-refractivity contribution is 9.10. The Balaban J connectivity index is 1.67. The number of nitrogens with one attached hydrogen (secondary N) is 1. The van der Waals surface area contributed by atoms with Crippen molar-refractivity contribution in [1.29, 1.82) is 0 Å². The summed E-state index contributed by atoms with van der Waals surface area (Å²) >= 11 is 5.17. The molecule has 0 fully saturated rings. The van der Waals surface area contributed by atoms with Crippen LogP contribution in [0.15, 0.2) is 33.8 Å². The molecule has 0 amide bonds. The van der Waals surface area contributed by atoms with Crippen molar-refractivity contribution < 1.29 is 0 Å². The first kappa shape index (κ1) is 12.8. The number of aromatic nitrogens is 1. The summed E-state index contributed by atoms with van der Waals surface area (Å²) < 4.78 is 1.06. The molecule has 0 saturated carbocycles. The van der Waals surface area contributed by atoms with Crippen LogP contribution in [0.1, 0.15) is 29.0 Å². The van der Waals surface area contributed by atoms with Crippen LogP contribution in [0, 0.1) is 0 Å². The van der Waals surface area contributed by atoms with E-state index in [2.05, 4.69) is 31.4 Å². The van der Waals surface area contributed by atoms with Gasteiger partial charge in [-0.2, -0.15) is 5.10 Å². The molecule has 0 aliphatic heterocycles. The molecule has 0 unspecified atom stereocenters. The molecule has 0 saturated heterocycles. The van der Waals surface area contributed by atoms with Crippen LogP contribution >= 0.6 is 27.3 Å². The molecule has 98 valence electrons. The second-order valence-corrected chi connectivity index (χ2v) is 6.52. The minimum Gasteiger partial charge on any atom is -0.253 e. The number of nitrogens with zero attached hydrogens (tertiary/aromatic N) is 2. The number of hydrogen-bond acceptors (Lipinski definition) is 4. The number of fused-ring (bicyclic) bond motifs is 1. The minimum atomic E-state index is 0.901. The van der Waals surface area contributed by atoms with Crippen LogP contribution in [0.25, 0.3) is 0 Å².